The molecule has 39 heavy (non-hydrogen) atoms. The van der Waals surface area contributed by atoms with Gasteiger partial charge in [0.1, 0.15) is 23.9 Å². The van der Waals surface area contributed by atoms with E-state index in [0.717, 1.165) is 28.7 Å². The van der Waals surface area contributed by atoms with Crippen molar-refractivity contribution in [3.05, 3.63) is 83.2 Å². The van der Waals surface area contributed by atoms with E-state index in [0.29, 0.717) is 29.6 Å². The molecule has 2 atom stereocenters. The van der Waals surface area contributed by atoms with Crippen LogP contribution in [0, 0.1) is 17.2 Å². The van der Waals surface area contributed by atoms with Gasteiger partial charge in [-0.05, 0) is 82.3 Å². The third-order valence-corrected chi connectivity index (χ3v) is 7.36. The molecule has 0 aliphatic heterocycles. The summed E-state index contributed by atoms with van der Waals surface area (Å²) in [6, 6.07) is 18.4. The lowest BCUT2D eigenvalue weighted by atomic mass is 9.81. The zero-order chi connectivity index (χ0) is 28.2. The van der Waals surface area contributed by atoms with Crippen LogP contribution in [0.15, 0.2) is 60.7 Å². The van der Waals surface area contributed by atoms with E-state index < -0.39 is 5.97 Å². The van der Waals surface area contributed by atoms with E-state index in [1.807, 2.05) is 42.5 Å². The van der Waals surface area contributed by atoms with E-state index in [2.05, 4.69) is 20.8 Å². The minimum Gasteiger partial charge on any atom is -0.497 e. The van der Waals surface area contributed by atoms with Gasteiger partial charge in [0, 0.05) is 12.7 Å². The molecule has 1 aliphatic carbocycles. The number of hydrogen-bond donors (Lipinski definition) is 1. The fraction of sp³-hybridized carbons (Fsp3) is 0.424. The van der Waals surface area contributed by atoms with Crippen LogP contribution >= 0.6 is 0 Å². The molecule has 0 bridgehead atoms. The molecule has 1 N–H and O–H groups in total. The zero-order valence-corrected chi connectivity index (χ0v) is 23.5. The van der Waals surface area contributed by atoms with Crippen molar-refractivity contribution in [1.82, 2.24) is 0 Å². The molecule has 208 valence electrons. The maximum atomic E-state index is 15.0. The van der Waals surface area contributed by atoms with Crippen LogP contribution in [0.5, 0.6) is 11.5 Å². The summed E-state index contributed by atoms with van der Waals surface area (Å²) in [5, 5.41) is 9.43. The second kappa shape index (κ2) is 12.2. The van der Waals surface area contributed by atoms with E-state index >= 15 is 4.39 Å². The van der Waals surface area contributed by atoms with Gasteiger partial charge in [-0.15, -0.1) is 0 Å². The maximum absolute atomic E-state index is 15.0. The number of rotatable bonds is 12. The fourth-order valence-corrected chi connectivity index (χ4v) is 5.28. The van der Waals surface area contributed by atoms with Crippen LogP contribution in [-0.2, 0) is 16.1 Å². The SMILES string of the molecule is COc1ccc(F)c(-c2ccc(COc3cccc([C@H](CC(=O)O)CC4CC4)c3)cc2C(OC)C(C)(C)C)c1. The van der Waals surface area contributed by atoms with Crippen molar-refractivity contribution in [2.24, 2.45) is 11.3 Å². The number of hydrogen-bond acceptors (Lipinski definition) is 4. The van der Waals surface area contributed by atoms with Crippen molar-refractivity contribution in [3.63, 3.8) is 0 Å². The van der Waals surface area contributed by atoms with E-state index in [4.69, 9.17) is 14.2 Å². The van der Waals surface area contributed by atoms with E-state index in [-0.39, 0.29) is 29.7 Å². The van der Waals surface area contributed by atoms with Crippen LogP contribution in [0.1, 0.15) is 75.2 Å². The molecule has 0 heterocycles. The van der Waals surface area contributed by atoms with Gasteiger partial charge in [0.05, 0.1) is 19.6 Å². The third kappa shape index (κ3) is 7.39. The van der Waals surface area contributed by atoms with Crippen molar-refractivity contribution in [3.8, 4) is 22.6 Å². The largest absolute Gasteiger partial charge is 0.497 e. The monoisotopic (exact) mass is 534 g/mol. The number of benzene rings is 3. The first-order chi connectivity index (χ1) is 18.6. The molecule has 0 aromatic heterocycles. The van der Waals surface area contributed by atoms with Crippen LogP contribution in [0.4, 0.5) is 4.39 Å². The summed E-state index contributed by atoms with van der Waals surface area (Å²) < 4.78 is 32.5. The summed E-state index contributed by atoms with van der Waals surface area (Å²) in [6.45, 7) is 6.59. The third-order valence-electron chi connectivity index (χ3n) is 7.36. The van der Waals surface area contributed by atoms with Crippen molar-refractivity contribution >= 4 is 5.97 Å². The van der Waals surface area contributed by atoms with Gasteiger partial charge >= 0.3 is 5.97 Å². The molecule has 5 nitrogen and oxygen atoms in total. The first kappa shape index (κ1) is 28.6. The highest BCUT2D eigenvalue weighted by molar-refractivity contribution is 5.71. The van der Waals surface area contributed by atoms with Crippen LogP contribution in [0.2, 0.25) is 0 Å². The fourth-order valence-electron chi connectivity index (χ4n) is 5.28. The van der Waals surface area contributed by atoms with E-state index in [9.17, 15) is 9.90 Å². The number of methoxy groups -OCH3 is 2. The summed E-state index contributed by atoms with van der Waals surface area (Å²) in [5.74, 6) is 0.778. The van der Waals surface area contributed by atoms with Crippen molar-refractivity contribution in [2.75, 3.05) is 14.2 Å². The molecule has 1 unspecified atom stereocenters. The number of ether oxygens (including phenoxy) is 3. The summed E-state index contributed by atoms with van der Waals surface area (Å²) in [6.07, 6.45) is 3.09. The number of aliphatic carboxylic acids is 1. The van der Waals surface area contributed by atoms with Gasteiger partial charge in [-0.2, -0.15) is 0 Å². The average Bonchev–Trinajstić information content (AvgIpc) is 3.71. The molecule has 3 aromatic carbocycles. The lowest BCUT2D eigenvalue weighted by Crippen LogP contribution is -2.21. The molecule has 1 fully saturated rings. The Kier molecular flexibility index (Phi) is 8.96. The van der Waals surface area contributed by atoms with Gasteiger partial charge in [0.25, 0.3) is 0 Å². The Bertz CT molecular complexity index is 1290. The molecule has 1 saturated carbocycles. The topological polar surface area (TPSA) is 65.0 Å². The molecular weight excluding hydrogens is 495 g/mol. The van der Waals surface area contributed by atoms with E-state index in [1.54, 1.807) is 26.4 Å². The molecular formula is C33H39FO5. The maximum Gasteiger partial charge on any atom is 0.303 e. The lowest BCUT2D eigenvalue weighted by Gasteiger charge is -2.32. The predicted octanol–water partition coefficient (Wildman–Crippen LogP) is 8.17. The van der Waals surface area contributed by atoms with Crippen LogP contribution in [0.25, 0.3) is 11.1 Å². The highest BCUT2D eigenvalue weighted by Gasteiger charge is 2.30. The Morgan fingerprint density at radius 3 is 2.41 bits per heavy atom. The molecule has 0 spiro atoms. The molecule has 0 saturated heterocycles. The molecule has 0 radical (unpaired) electrons. The lowest BCUT2D eigenvalue weighted by molar-refractivity contribution is -0.137. The minimum atomic E-state index is -0.779. The summed E-state index contributed by atoms with van der Waals surface area (Å²) >= 11 is 0. The predicted molar refractivity (Wildman–Crippen MR) is 151 cm³/mol. The van der Waals surface area contributed by atoms with E-state index in [1.165, 1.54) is 18.9 Å². The zero-order valence-electron chi connectivity index (χ0n) is 23.5. The minimum absolute atomic E-state index is 0.0172. The van der Waals surface area contributed by atoms with Crippen molar-refractivity contribution in [1.29, 1.82) is 0 Å². The number of carboxylic acids is 1. The second-order valence-corrected chi connectivity index (χ2v) is 11.6. The Balaban J connectivity index is 1.62. The molecule has 3 aromatic rings. The first-order valence-corrected chi connectivity index (χ1v) is 13.5. The second-order valence-electron chi connectivity index (χ2n) is 11.6. The molecule has 0 amide bonds. The van der Waals surface area contributed by atoms with Crippen molar-refractivity contribution < 1.29 is 28.5 Å². The van der Waals surface area contributed by atoms with Gasteiger partial charge < -0.3 is 19.3 Å². The number of carboxylic acid groups (broad SMARTS) is 1. The van der Waals surface area contributed by atoms with Crippen LogP contribution in [-0.4, -0.2) is 25.3 Å². The summed E-state index contributed by atoms with van der Waals surface area (Å²) in [4.78, 5) is 11.5. The van der Waals surface area contributed by atoms with Gasteiger partial charge in [0.15, 0.2) is 0 Å². The Morgan fingerprint density at radius 1 is 1.00 bits per heavy atom. The standard InChI is InChI=1S/C33H39FO5/c1-33(2,3)32(38-5)29-16-22(11-13-27(29)28-19-25(37-4)12-14-30(28)34)20-39-26-8-6-7-23(17-26)24(18-31(35)36)15-21-9-10-21/h6-8,11-14,16-17,19,21,24,32H,9-10,15,18,20H2,1-5H3,(H,35,36)/t24-,32?/m0/s1. The molecule has 1 aliphatic rings. The van der Waals surface area contributed by atoms with Gasteiger partial charge in [-0.25, -0.2) is 4.39 Å². The Hall–Kier alpha value is -3.38. The first-order valence-electron chi connectivity index (χ1n) is 13.5. The quantitative estimate of drug-likeness (QED) is 0.254. The van der Waals surface area contributed by atoms with Gasteiger partial charge in [-0.3, -0.25) is 4.79 Å². The summed E-state index contributed by atoms with van der Waals surface area (Å²) in [7, 11) is 3.24. The smallest absolute Gasteiger partial charge is 0.303 e. The Labute approximate surface area is 230 Å². The van der Waals surface area contributed by atoms with Crippen LogP contribution < -0.4 is 9.47 Å². The van der Waals surface area contributed by atoms with Gasteiger partial charge in [0.2, 0.25) is 0 Å². The molecule has 6 heteroatoms. The van der Waals surface area contributed by atoms with Gasteiger partial charge in [-0.1, -0.05) is 57.9 Å². The number of halogens is 1. The molecule has 4 rings (SSSR count). The average molecular weight is 535 g/mol. The highest BCUT2D eigenvalue weighted by atomic mass is 19.1. The highest BCUT2D eigenvalue weighted by Crippen LogP contribution is 2.43. The number of carbonyl (C=O) groups is 1. The van der Waals surface area contributed by atoms with Crippen LogP contribution in [0.3, 0.4) is 0 Å². The Morgan fingerprint density at radius 2 is 1.77 bits per heavy atom. The normalized spacial score (nSPS) is 15.0. The van der Waals surface area contributed by atoms with Crippen molar-refractivity contribution in [2.45, 2.75) is 65.1 Å². The summed E-state index contributed by atoms with van der Waals surface area (Å²) in [5.41, 5.74) is 3.75.